The van der Waals surface area contributed by atoms with Gasteiger partial charge in [-0.25, -0.2) is 4.79 Å². The molecule has 1 atom stereocenters. The summed E-state index contributed by atoms with van der Waals surface area (Å²) in [4.78, 5) is 11.6. The van der Waals surface area contributed by atoms with E-state index in [0.29, 0.717) is 0 Å². The Morgan fingerprint density at radius 3 is 2.82 bits per heavy atom. The minimum atomic E-state index is -0.814. The zero-order valence-corrected chi connectivity index (χ0v) is 12.9. The zero-order chi connectivity index (χ0) is 15.9. The summed E-state index contributed by atoms with van der Waals surface area (Å²) in [6.07, 6.45) is 3.57. The van der Waals surface area contributed by atoms with Crippen molar-refractivity contribution in [2.75, 3.05) is 0 Å². The fourth-order valence-corrected chi connectivity index (χ4v) is 3.22. The van der Waals surface area contributed by atoms with Gasteiger partial charge in [0.1, 0.15) is 6.04 Å². The molecule has 0 unspecified atom stereocenters. The predicted molar refractivity (Wildman–Crippen MR) is 86.1 cm³/mol. The highest BCUT2D eigenvalue weighted by atomic mass is 16.4. The van der Waals surface area contributed by atoms with Crippen LogP contribution >= 0.6 is 0 Å². The number of hydrazine groups is 2. The number of carboxylic acids is 1. The van der Waals surface area contributed by atoms with Gasteiger partial charge < -0.3 is 10.5 Å². The molecule has 1 aromatic rings. The average Bonchev–Trinajstić information content (AvgIpc) is 2.90. The standard InChI is InChI=1S/C17H21N3O2/c1-4-11-5-7-13-12(9-11)6-8-14-15(13)18-19-20(14)16(10(2)3)17(21)22/h4-5,7,9-10,16,18-19H,1,6,8H2,2-3H3,(H,21,22)/t16-/m0/s1. The Morgan fingerprint density at radius 2 is 2.18 bits per heavy atom. The van der Waals surface area contributed by atoms with Gasteiger partial charge in [-0.05, 0) is 29.9 Å². The number of benzene rings is 1. The third kappa shape index (κ3) is 2.27. The summed E-state index contributed by atoms with van der Waals surface area (Å²) in [6.45, 7) is 7.65. The first-order chi connectivity index (χ1) is 10.5. The number of aliphatic carboxylic acids is 1. The summed E-state index contributed by atoms with van der Waals surface area (Å²) in [5, 5.41) is 11.3. The lowest BCUT2D eigenvalue weighted by Crippen LogP contribution is -2.51. The van der Waals surface area contributed by atoms with Gasteiger partial charge in [0.2, 0.25) is 0 Å². The van der Waals surface area contributed by atoms with Crippen LogP contribution in [0, 0.1) is 5.92 Å². The van der Waals surface area contributed by atoms with Crippen LogP contribution in [-0.4, -0.2) is 22.1 Å². The molecule has 1 heterocycles. The van der Waals surface area contributed by atoms with Gasteiger partial charge in [-0.1, -0.05) is 44.7 Å². The Labute approximate surface area is 130 Å². The molecule has 1 aromatic carbocycles. The van der Waals surface area contributed by atoms with E-state index >= 15 is 0 Å². The second-order valence-electron chi connectivity index (χ2n) is 6.08. The van der Waals surface area contributed by atoms with Gasteiger partial charge in [0.05, 0.1) is 11.4 Å². The van der Waals surface area contributed by atoms with Crippen LogP contribution in [0.2, 0.25) is 0 Å². The lowest BCUT2D eigenvalue weighted by Gasteiger charge is -2.31. The number of fused-ring (bicyclic) bond motifs is 2. The molecule has 5 heteroatoms. The first-order valence-corrected chi connectivity index (χ1v) is 7.55. The highest BCUT2D eigenvalue weighted by Gasteiger charge is 2.37. The number of nitrogens with zero attached hydrogens (tertiary/aromatic N) is 1. The lowest BCUT2D eigenvalue weighted by atomic mass is 9.90. The maximum Gasteiger partial charge on any atom is 0.328 e. The van der Waals surface area contributed by atoms with Crippen LogP contribution in [-0.2, 0) is 11.2 Å². The minimum Gasteiger partial charge on any atom is -0.480 e. The van der Waals surface area contributed by atoms with Crippen LogP contribution in [0.5, 0.6) is 0 Å². The number of carboxylic acid groups (broad SMARTS) is 1. The second-order valence-corrected chi connectivity index (χ2v) is 6.08. The Hall–Kier alpha value is -2.27. The summed E-state index contributed by atoms with van der Waals surface area (Å²) in [5.41, 5.74) is 11.7. The average molecular weight is 299 g/mol. The third-order valence-electron chi connectivity index (χ3n) is 4.31. The Kier molecular flexibility index (Phi) is 3.66. The third-order valence-corrected chi connectivity index (χ3v) is 4.31. The maximum absolute atomic E-state index is 11.6. The van der Waals surface area contributed by atoms with Crippen molar-refractivity contribution in [3.05, 3.63) is 47.2 Å². The maximum atomic E-state index is 11.6. The van der Waals surface area contributed by atoms with Crippen LogP contribution in [0.4, 0.5) is 0 Å². The second kappa shape index (κ2) is 5.50. The van der Waals surface area contributed by atoms with Gasteiger partial charge in [0.25, 0.3) is 0 Å². The number of hydrogen-bond acceptors (Lipinski definition) is 4. The Bertz CT molecular complexity index is 664. The monoisotopic (exact) mass is 299 g/mol. The molecule has 3 rings (SSSR count). The fourth-order valence-electron chi connectivity index (χ4n) is 3.22. The fraction of sp³-hybridized carbons (Fsp3) is 0.353. The number of nitrogens with one attached hydrogen (secondary N) is 2. The summed E-state index contributed by atoms with van der Waals surface area (Å²) < 4.78 is 0. The van der Waals surface area contributed by atoms with E-state index in [1.807, 2.05) is 26.0 Å². The molecule has 1 aliphatic heterocycles. The van der Waals surface area contributed by atoms with Crippen molar-refractivity contribution in [1.82, 2.24) is 16.0 Å². The van der Waals surface area contributed by atoms with Crippen molar-refractivity contribution in [2.24, 2.45) is 5.92 Å². The van der Waals surface area contributed by atoms with Gasteiger partial charge in [-0.2, -0.15) is 0 Å². The molecule has 0 amide bonds. The molecule has 116 valence electrons. The summed E-state index contributed by atoms with van der Waals surface area (Å²) in [7, 11) is 0. The first-order valence-electron chi connectivity index (χ1n) is 7.55. The van der Waals surface area contributed by atoms with Gasteiger partial charge >= 0.3 is 5.97 Å². The number of aryl methyl sites for hydroxylation is 1. The SMILES string of the molecule is C=Cc1ccc2c(c1)CCC1=C2NNN1[C@H](C(=O)O)C(C)C. The summed E-state index contributed by atoms with van der Waals surface area (Å²) in [5.74, 6) is -0.811. The van der Waals surface area contributed by atoms with E-state index in [2.05, 4.69) is 29.7 Å². The van der Waals surface area contributed by atoms with Gasteiger partial charge in [0.15, 0.2) is 0 Å². The molecule has 3 N–H and O–H groups in total. The van der Waals surface area contributed by atoms with Crippen molar-refractivity contribution in [3.63, 3.8) is 0 Å². The van der Waals surface area contributed by atoms with Gasteiger partial charge in [-0.3, -0.25) is 5.01 Å². The molecular weight excluding hydrogens is 278 g/mol. The quantitative estimate of drug-likeness (QED) is 0.796. The molecule has 2 aliphatic rings. The van der Waals surface area contributed by atoms with Crippen molar-refractivity contribution >= 4 is 17.7 Å². The van der Waals surface area contributed by atoms with Crippen LogP contribution < -0.4 is 11.0 Å². The molecule has 1 aliphatic carbocycles. The van der Waals surface area contributed by atoms with Gasteiger partial charge in [0, 0.05) is 5.56 Å². The molecule has 5 nitrogen and oxygen atoms in total. The van der Waals surface area contributed by atoms with E-state index in [-0.39, 0.29) is 5.92 Å². The number of allylic oxidation sites excluding steroid dienone is 1. The Morgan fingerprint density at radius 1 is 1.41 bits per heavy atom. The van der Waals surface area contributed by atoms with Gasteiger partial charge in [-0.15, -0.1) is 5.53 Å². The molecular formula is C17H21N3O2. The summed E-state index contributed by atoms with van der Waals surface area (Å²) >= 11 is 0. The largest absolute Gasteiger partial charge is 0.480 e. The number of rotatable bonds is 4. The molecule has 0 fully saturated rings. The topological polar surface area (TPSA) is 64.6 Å². The van der Waals surface area contributed by atoms with Crippen LogP contribution in [0.15, 0.2) is 30.5 Å². The molecule has 0 bridgehead atoms. The highest BCUT2D eigenvalue weighted by molar-refractivity contribution is 5.77. The molecule has 0 radical (unpaired) electrons. The first kappa shape index (κ1) is 14.7. The normalized spacial score (nSPS) is 17.9. The van der Waals surface area contributed by atoms with Crippen molar-refractivity contribution in [2.45, 2.75) is 32.7 Å². The van der Waals surface area contributed by atoms with E-state index in [0.717, 1.165) is 35.4 Å². The van der Waals surface area contributed by atoms with Crippen LogP contribution in [0.1, 0.15) is 37.0 Å². The van der Waals surface area contributed by atoms with Crippen molar-refractivity contribution < 1.29 is 9.90 Å². The van der Waals surface area contributed by atoms with E-state index in [1.54, 1.807) is 5.01 Å². The molecule has 0 aromatic heterocycles. The molecule has 0 saturated heterocycles. The lowest BCUT2D eigenvalue weighted by molar-refractivity contribution is -0.145. The molecule has 0 saturated carbocycles. The van der Waals surface area contributed by atoms with E-state index in [1.165, 1.54) is 5.56 Å². The number of hydrogen-bond donors (Lipinski definition) is 3. The highest BCUT2D eigenvalue weighted by Crippen LogP contribution is 2.35. The summed E-state index contributed by atoms with van der Waals surface area (Å²) in [6, 6.07) is 5.66. The molecule has 0 spiro atoms. The van der Waals surface area contributed by atoms with E-state index in [9.17, 15) is 9.90 Å². The predicted octanol–water partition coefficient (Wildman–Crippen LogP) is 2.38. The van der Waals surface area contributed by atoms with Crippen molar-refractivity contribution in [1.29, 1.82) is 0 Å². The van der Waals surface area contributed by atoms with E-state index < -0.39 is 12.0 Å². The van der Waals surface area contributed by atoms with E-state index in [4.69, 9.17) is 0 Å². The van der Waals surface area contributed by atoms with Crippen LogP contribution in [0.3, 0.4) is 0 Å². The Balaban J connectivity index is 2.00. The van der Waals surface area contributed by atoms with Crippen molar-refractivity contribution in [3.8, 4) is 0 Å². The molecule has 22 heavy (non-hydrogen) atoms. The zero-order valence-electron chi connectivity index (χ0n) is 12.9. The van der Waals surface area contributed by atoms with Crippen LogP contribution in [0.25, 0.3) is 11.8 Å². The minimum absolute atomic E-state index is 0.00295. The smallest absolute Gasteiger partial charge is 0.328 e. The number of carbonyl (C=O) groups is 1.